The molecule has 1 saturated heterocycles. The Labute approximate surface area is 153 Å². The van der Waals surface area contributed by atoms with E-state index in [2.05, 4.69) is 45.4 Å². The van der Waals surface area contributed by atoms with Crippen LogP contribution in [-0.2, 0) is 13.0 Å². The fraction of sp³-hybridized carbons (Fsp3) is 0.318. The van der Waals surface area contributed by atoms with Gasteiger partial charge in [0.05, 0.1) is 11.9 Å². The summed E-state index contributed by atoms with van der Waals surface area (Å²) in [5.74, 6) is 0.560. The molecule has 1 aromatic heterocycles. The minimum Gasteiger partial charge on any atom is -0.299 e. The van der Waals surface area contributed by atoms with Crippen molar-refractivity contribution in [3.8, 4) is 11.3 Å². The lowest BCUT2D eigenvalue weighted by Crippen LogP contribution is -2.33. The Morgan fingerprint density at radius 2 is 1.73 bits per heavy atom. The molecule has 4 rings (SSSR count). The van der Waals surface area contributed by atoms with Gasteiger partial charge in [-0.3, -0.25) is 10.00 Å². The van der Waals surface area contributed by atoms with E-state index in [1.807, 2.05) is 6.20 Å². The first-order valence-electron chi connectivity index (χ1n) is 9.32. The van der Waals surface area contributed by atoms with Gasteiger partial charge in [-0.2, -0.15) is 5.10 Å². The quantitative estimate of drug-likeness (QED) is 0.726. The fourth-order valence-electron chi connectivity index (χ4n) is 3.83. The van der Waals surface area contributed by atoms with Crippen LogP contribution in [0.2, 0.25) is 0 Å². The van der Waals surface area contributed by atoms with Gasteiger partial charge in [-0.05, 0) is 68.1 Å². The minimum atomic E-state index is -0.213. The molecule has 134 valence electrons. The van der Waals surface area contributed by atoms with Gasteiger partial charge in [0.2, 0.25) is 0 Å². The van der Waals surface area contributed by atoms with E-state index >= 15 is 0 Å². The van der Waals surface area contributed by atoms with Gasteiger partial charge >= 0.3 is 0 Å². The van der Waals surface area contributed by atoms with E-state index in [4.69, 9.17) is 0 Å². The van der Waals surface area contributed by atoms with Crippen molar-refractivity contribution in [2.45, 2.75) is 25.8 Å². The highest BCUT2D eigenvalue weighted by Crippen LogP contribution is 2.26. The fourth-order valence-corrected chi connectivity index (χ4v) is 3.83. The summed E-state index contributed by atoms with van der Waals surface area (Å²) in [5, 5.41) is 7.29. The van der Waals surface area contributed by atoms with Crippen molar-refractivity contribution in [3.63, 3.8) is 0 Å². The van der Waals surface area contributed by atoms with E-state index in [1.54, 1.807) is 12.1 Å². The molecular formula is C22H24FN3. The first kappa shape index (κ1) is 17.0. The van der Waals surface area contributed by atoms with E-state index < -0.39 is 0 Å². The summed E-state index contributed by atoms with van der Waals surface area (Å²) >= 11 is 0. The van der Waals surface area contributed by atoms with Gasteiger partial charge in [0.1, 0.15) is 5.82 Å². The smallest absolute Gasteiger partial charge is 0.123 e. The molecule has 0 bridgehead atoms. The summed E-state index contributed by atoms with van der Waals surface area (Å²) in [7, 11) is 0. The summed E-state index contributed by atoms with van der Waals surface area (Å²) in [6.07, 6.45) is 5.55. The second-order valence-corrected chi connectivity index (χ2v) is 7.19. The van der Waals surface area contributed by atoms with Crippen molar-refractivity contribution < 1.29 is 4.39 Å². The molecule has 1 fully saturated rings. The molecule has 0 unspecified atom stereocenters. The van der Waals surface area contributed by atoms with Crippen molar-refractivity contribution in [2.75, 3.05) is 13.1 Å². The summed E-state index contributed by atoms with van der Waals surface area (Å²) in [4.78, 5) is 2.50. The van der Waals surface area contributed by atoms with Crippen LogP contribution < -0.4 is 0 Å². The Balaban J connectivity index is 1.35. The van der Waals surface area contributed by atoms with Crippen LogP contribution in [0.15, 0.2) is 60.8 Å². The molecular weight excluding hydrogens is 325 g/mol. The molecule has 0 atom stereocenters. The number of halogens is 1. The number of aromatic nitrogens is 2. The Bertz CT molecular complexity index is 818. The average Bonchev–Trinajstić information content (AvgIpc) is 3.13. The first-order valence-corrected chi connectivity index (χ1v) is 9.32. The van der Waals surface area contributed by atoms with Gasteiger partial charge in [0.25, 0.3) is 0 Å². The topological polar surface area (TPSA) is 31.9 Å². The molecule has 0 amide bonds. The van der Waals surface area contributed by atoms with Gasteiger partial charge in [0, 0.05) is 17.7 Å². The van der Waals surface area contributed by atoms with E-state index in [0.29, 0.717) is 0 Å². The van der Waals surface area contributed by atoms with Crippen LogP contribution in [0, 0.1) is 11.7 Å². The minimum absolute atomic E-state index is 0.213. The third-order valence-corrected chi connectivity index (χ3v) is 5.32. The number of hydrogen-bond acceptors (Lipinski definition) is 2. The van der Waals surface area contributed by atoms with Crippen LogP contribution in [0.25, 0.3) is 11.3 Å². The highest BCUT2D eigenvalue weighted by molar-refractivity contribution is 5.62. The number of likely N-dealkylation sites (tertiary alicyclic amines) is 1. The lowest BCUT2D eigenvalue weighted by Gasteiger charge is -2.32. The van der Waals surface area contributed by atoms with Crippen LogP contribution in [0.1, 0.15) is 24.0 Å². The highest BCUT2D eigenvalue weighted by Gasteiger charge is 2.21. The van der Waals surface area contributed by atoms with Crippen LogP contribution in [-0.4, -0.2) is 28.2 Å². The molecule has 0 saturated carbocycles. The number of nitrogens with one attached hydrogen (secondary N) is 1. The second-order valence-electron chi connectivity index (χ2n) is 7.19. The Hall–Kier alpha value is -2.46. The molecule has 1 aliphatic rings. The molecule has 1 N–H and O–H groups in total. The average molecular weight is 349 g/mol. The predicted octanol–water partition coefficient (Wildman–Crippen LogP) is 4.67. The number of benzene rings is 2. The van der Waals surface area contributed by atoms with Crippen LogP contribution >= 0.6 is 0 Å². The molecule has 0 aliphatic carbocycles. The molecule has 2 heterocycles. The second kappa shape index (κ2) is 7.83. The summed E-state index contributed by atoms with van der Waals surface area (Å²) < 4.78 is 13.2. The van der Waals surface area contributed by atoms with E-state index in [9.17, 15) is 4.39 Å². The zero-order valence-corrected chi connectivity index (χ0v) is 14.9. The number of H-pyrrole nitrogens is 1. The number of hydrogen-bond donors (Lipinski definition) is 1. The monoisotopic (exact) mass is 349 g/mol. The highest BCUT2D eigenvalue weighted by atomic mass is 19.1. The molecule has 4 heteroatoms. The van der Waals surface area contributed by atoms with Gasteiger partial charge < -0.3 is 0 Å². The third-order valence-electron chi connectivity index (χ3n) is 5.32. The molecule has 3 nitrogen and oxygen atoms in total. The van der Waals surface area contributed by atoms with Crippen molar-refractivity contribution in [3.05, 3.63) is 77.7 Å². The maximum Gasteiger partial charge on any atom is 0.123 e. The largest absolute Gasteiger partial charge is 0.299 e. The van der Waals surface area contributed by atoms with Gasteiger partial charge in [0.15, 0.2) is 0 Å². The van der Waals surface area contributed by atoms with Crippen LogP contribution in [0.3, 0.4) is 0 Å². The SMILES string of the molecule is Fc1ccc(-c2[nH]ncc2CN2CCC(Cc3ccccc3)CC2)cc1. The standard InChI is InChI=1S/C22H24FN3/c23-21-8-6-19(7-9-21)22-20(15-24-25-22)16-26-12-10-18(11-13-26)14-17-4-2-1-3-5-17/h1-9,15,18H,10-14,16H2,(H,24,25). The maximum atomic E-state index is 13.2. The van der Waals surface area contributed by atoms with E-state index in [0.717, 1.165) is 36.8 Å². The van der Waals surface area contributed by atoms with Crippen LogP contribution in [0.5, 0.6) is 0 Å². The third kappa shape index (κ3) is 4.02. The number of piperidine rings is 1. The molecule has 2 aromatic carbocycles. The van der Waals surface area contributed by atoms with Gasteiger partial charge in [-0.15, -0.1) is 0 Å². The van der Waals surface area contributed by atoms with Crippen molar-refractivity contribution in [2.24, 2.45) is 5.92 Å². The predicted molar refractivity (Wildman–Crippen MR) is 102 cm³/mol. The van der Waals surface area contributed by atoms with Crippen molar-refractivity contribution in [1.29, 1.82) is 0 Å². The zero-order valence-electron chi connectivity index (χ0n) is 14.9. The van der Waals surface area contributed by atoms with Gasteiger partial charge in [-0.25, -0.2) is 4.39 Å². The number of nitrogens with zero attached hydrogens (tertiary/aromatic N) is 2. The Kier molecular flexibility index (Phi) is 5.12. The van der Waals surface area contributed by atoms with Crippen LogP contribution in [0.4, 0.5) is 4.39 Å². The molecule has 0 radical (unpaired) electrons. The van der Waals surface area contributed by atoms with E-state index in [-0.39, 0.29) is 5.82 Å². The summed E-state index contributed by atoms with van der Waals surface area (Å²) in [6.45, 7) is 3.12. The van der Waals surface area contributed by atoms with Gasteiger partial charge in [-0.1, -0.05) is 30.3 Å². The summed E-state index contributed by atoms with van der Waals surface area (Å²) in [6, 6.07) is 17.4. The van der Waals surface area contributed by atoms with Crippen molar-refractivity contribution in [1.82, 2.24) is 15.1 Å². The zero-order chi connectivity index (χ0) is 17.8. The normalized spacial score (nSPS) is 16.0. The molecule has 3 aromatic rings. The number of rotatable bonds is 5. The molecule has 1 aliphatic heterocycles. The number of aromatic amines is 1. The molecule has 26 heavy (non-hydrogen) atoms. The van der Waals surface area contributed by atoms with Crippen molar-refractivity contribution >= 4 is 0 Å². The molecule has 0 spiro atoms. The lowest BCUT2D eigenvalue weighted by molar-refractivity contribution is 0.177. The Morgan fingerprint density at radius 3 is 2.46 bits per heavy atom. The summed E-state index contributed by atoms with van der Waals surface area (Å²) in [5.41, 5.74) is 4.60. The lowest BCUT2D eigenvalue weighted by atomic mass is 9.90. The Morgan fingerprint density at radius 1 is 1.00 bits per heavy atom. The maximum absolute atomic E-state index is 13.2. The van der Waals surface area contributed by atoms with E-state index in [1.165, 1.54) is 42.5 Å². The first-order chi connectivity index (χ1) is 12.8.